The molecule has 0 aromatic heterocycles. The Labute approximate surface area is 210 Å². The molecule has 0 saturated carbocycles. The number of aryl methyl sites for hydroxylation is 2. The Morgan fingerprint density at radius 3 is 1.00 bits per heavy atom. The maximum Gasteiger partial charge on any atom is 0.0857 e. The molecule has 188 valence electrons. The highest BCUT2D eigenvalue weighted by Crippen LogP contribution is 2.21. The van der Waals surface area contributed by atoms with Gasteiger partial charge < -0.3 is 0 Å². The SMILES string of the molecule is CCCCCCCCCCc1ccc(N=Nc2ccc(CCCCCCCCCC)cc2)cc1. The van der Waals surface area contributed by atoms with E-state index in [0.717, 1.165) is 11.4 Å². The maximum absolute atomic E-state index is 4.43. The summed E-state index contributed by atoms with van der Waals surface area (Å²) in [5.41, 5.74) is 4.69. The van der Waals surface area contributed by atoms with Crippen LogP contribution in [0.5, 0.6) is 0 Å². The Morgan fingerprint density at radius 2 is 0.676 bits per heavy atom. The highest BCUT2D eigenvalue weighted by molar-refractivity contribution is 5.42. The minimum atomic E-state index is 0.933. The minimum Gasteiger partial charge on any atom is -0.151 e. The smallest absolute Gasteiger partial charge is 0.0857 e. The average molecular weight is 463 g/mol. The summed E-state index contributed by atoms with van der Waals surface area (Å²) in [5.74, 6) is 0. The summed E-state index contributed by atoms with van der Waals surface area (Å²) in [4.78, 5) is 0. The maximum atomic E-state index is 4.43. The molecule has 0 aliphatic rings. The molecule has 0 saturated heterocycles. The Kier molecular flexibility index (Phi) is 16.1. The highest BCUT2D eigenvalue weighted by Gasteiger charge is 1.98. The van der Waals surface area contributed by atoms with Crippen LogP contribution in [0.2, 0.25) is 0 Å². The fourth-order valence-electron chi connectivity index (χ4n) is 4.50. The molecule has 34 heavy (non-hydrogen) atoms. The molecule has 0 fully saturated rings. The highest BCUT2D eigenvalue weighted by atomic mass is 15.1. The third kappa shape index (κ3) is 13.7. The van der Waals surface area contributed by atoms with Crippen LogP contribution in [0, 0.1) is 0 Å². The zero-order chi connectivity index (χ0) is 24.1. The van der Waals surface area contributed by atoms with Gasteiger partial charge in [-0.3, -0.25) is 0 Å². The number of hydrogen-bond acceptors (Lipinski definition) is 2. The van der Waals surface area contributed by atoms with Crippen LogP contribution in [-0.4, -0.2) is 0 Å². The van der Waals surface area contributed by atoms with Gasteiger partial charge in [-0.25, -0.2) is 0 Å². The second-order valence-corrected chi connectivity index (χ2v) is 9.98. The number of unbranched alkanes of at least 4 members (excludes halogenated alkanes) is 14. The van der Waals surface area contributed by atoms with E-state index in [0.29, 0.717) is 0 Å². The van der Waals surface area contributed by atoms with E-state index >= 15 is 0 Å². The number of nitrogens with zero attached hydrogens (tertiary/aromatic N) is 2. The fourth-order valence-corrected chi connectivity index (χ4v) is 4.50. The van der Waals surface area contributed by atoms with E-state index in [-0.39, 0.29) is 0 Å². The number of benzene rings is 2. The predicted molar refractivity (Wildman–Crippen MR) is 150 cm³/mol. The second-order valence-electron chi connectivity index (χ2n) is 9.98. The summed E-state index contributed by atoms with van der Waals surface area (Å²) in [7, 11) is 0. The lowest BCUT2D eigenvalue weighted by Gasteiger charge is -2.04. The first-order valence-electron chi connectivity index (χ1n) is 14.4. The van der Waals surface area contributed by atoms with Crippen LogP contribution < -0.4 is 0 Å². The Balaban J connectivity index is 1.60. The van der Waals surface area contributed by atoms with Gasteiger partial charge in [0.2, 0.25) is 0 Å². The molecule has 0 unspecified atom stereocenters. The van der Waals surface area contributed by atoms with E-state index in [1.54, 1.807) is 0 Å². The van der Waals surface area contributed by atoms with Crippen LogP contribution in [0.1, 0.15) is 128 Å². The first-order valence-corrected chi connectivity index (χ1v) is 14.4. The van der Waals surface area contributed by atoms with Gasteiger partial charge in [0.05, 0.1) is 11.4 Å². The van der Waals surface area contributed by atoms with Crippen LogP contribution in [-0.2, 0) is 12.8 Å². The molecule has 0 bridgehead atoms. The average Bonchev–Trinajstić information content (AvgIpc) is 2.87. The monoisotopic (exact) mass is 462 g/mol. The van der Waals surface area contributed by atoms with E-state index in [4.69, 9.17) is 0 Å². The van der Waals surface area contributed by atoms with E-state index in [9.17, 15) is 0 Å². The quantitative estimate of drug-likeness (QED) is 0.138. The second kappa shape index (κ2) is 19.4. The summed E-state index contributed by atoms with van der Waals surface area (Å²) in [6.45, 7) is 4.56. The van der Waals surface area contributed by atoms with Crippen molar-refractivity contribution in [2.45, 2.75) is 129 Å². The molecule has 2 rings (SSSR count). The predicted octanol–water partition coefficient (Wildman–Crippen LogP) is 11.5. The van der Waals surface area contributed by atoms with Crippen LogP contribution >= 0.6 is 0 Å². The van der Waals surface area contributed by atoms with Crippen LogP contribution in [0.15, 0.2) is 58.8 Å². The summed E-state index contributed by atoms with van der Waals surface area (Å²) in [6.07, 6.45) is 24.3. The van der Waals surface area contributed by atoms with Crippen molar-refractivity contribution in [3.63, 3.8) is 0 Å². The standard InChI is InChI=1S/C32H50N2/c1-3-5-7-9-11-13-15-17-19-29-21-25-31(26-22-29)33-34-32-27-23-30(24-28-32)20-18-16-14-12-10-8-6-4-2/h21-28H,3-20H2,1-2H3. The largest absolute Gasteiger partial charge is 0.151 e. The number of azo groups is 1. The van der Waals surface area contributed by atoms with Gasteiger partial charge >= 0.3 is 0 Å². The zero-order valence-electron chi connectivity index (χ0n) is 22.2. The molecule has 0 N–H and O–H groups in total. The summed E-state index contributed by atoms with van der Waals surface area (Å²) in [5, 5.41) is 8.87. The molecule has 2 aromatic carbocycles. The van der Waals surface area contributed by atoms with Gasteiger partial charge in [0.25, 0.3) is 0 Å². The van der Waals surface area contributed by atoms with Crippen molar-refractivity contribution in [2.75, 3.05) is 0 Å². The molecule has 0 amide bonds. The summed E-state index contributed by atoms with van der Waals surface area (Å²) < 4.78 is 0. The third-order valence-electron chi connectivity index (χ3n) is 6.79. The van der Waals surface area contributed by atoms with Crippen molar-refractivity contribution < 1.29 is 0 Å². The topological polar surface area (TPSA) is 24.7 Å². The molecule has 2 nitrogen and oxygen atoms in total. The molecular weight excluding hydrogens is 412 g/mol. The molecular formula is C32H50N2. The van der Waals surface area contributed by atoms with Crippen molar-refractivity contribution >= 4 is 11.4 Å². The minimum absolute atomic E-state index is 0.933. The Morgan fingerprint density at radius 1 is 0.382 bits per heavy atom. The molecule has 0 aliphatic carbocycles. The van der Waals surface area contributed by atoms with Crippen LogP contribution in [0.3, 0.4) is 0 Å². The van der Waals surface area contributed by atoms with E-state index in [1.165, 1.54) is 127 Å². The van der Waals surface area contributed by atoms with Gasteiger partial charge in [-0.2, -0.15) is 10.2 Å². The first-order chi connectivity index (χ1) is 16.8. The van der Waals surface area contributed by atoms with Gasteiger partial charge in [0.15, 0.2) is 0 Å². The normalized spacial score (nSPS) is 11.5. The van der Waals surface area contributed by atoms with Crippen LogP contribution in [0.4, 0.5) is 11.4 Å². The third-order valence-corrected chi connectivity index (χ3v) is 6.79. The molecule has 0 spiro atoms. The Hall–Kier alpha value is -1.96. The van der Waals surface area contributed by atoms with Gasteiger partial charge in [0.1, 0.15) is 0 Å². The Bertz CT molecular complexity index is 680. The zero-order valence-corrected chi connectivity index (χ0v) is 22.2. The number of hydrogen-bond donors (Lipinski definition) is 0. The van der Waals surface area contributed by atoms with Crippen LogP contribution in [0.25, 0.3) is 0 Å². The van der Waals surface area contributed by atoms with Crippen molar-refractivity contribution in [1.82, 2.24) is 0 Å². The number of rotatable bonds is 20. The molecule has 0 atom stereocenters. The van der Waals surface area contributed by atoms with Crippen molar-refractivity contribution in [2.24, 2.45) is 10.2 Å². The van der Waals surface area contributed by atoms with Crippen molar-refractivity contribution in [3.05, 3.63) is 59.7 Å². The van der Waals surface area contributed by atoms with E-state index in [1.807, 2.05) is 0 Å². The van der Waals surface area contributed by atoms with E-state index < -0.39 is 0 Å². The lowest BCUT2D eigenvalue weighted by atomic mass is 10.0. The molecule has 2 aromatic rings. The van der Waals surface area contributed by atoms with Gasteiger partial charge in [-0.15, -0.1) is 0 Å². The molecule has 0 radical (unpaired) electrons. The lowest BCUT2D eigenvalue weighted by molar-refractivity contribution is 0.575. The van der Waals surface area contributed by atoms with Gasteiger partial charge in [0, 0.05) is 0 Å². The summed E-state index contributed by atoms with van der Waals surface area (Å²) in [6, 6.07) is 17.2. The summed E-state index contributed by atoms with van der Waals surface area (Å²) >= 11 is 0. The van der Waals surface area contributed by atoms with E-state index in [2.05, 4.69) is 72.6 Å². The first kappa shape index (κ1) is 28.3. The lowest BCUT2D eigenvalue weighted by Crippen LogP contribution is -1.86. The molecule has 0 heterocycles. The van der Waals surface area contributed by atoms with Crippen molar-refractivity contribution in [3.8, 4) is 0 Å². The van der Waals surface area contributed by atoms with Gasteiger partial charge in [-0.05, 0) is 61.1 Å². The van der Waals surface area contributed by atoms with Crippen molar-refractivity contribution in [1.29, 1.82) is 0 Å². The van der Waals surface area contributed by atoms with Gasteiger partial charge in [-0.1, -0.05) is 128 Å². The molecule has 0 aliphatic heterocycles. The molecule has 2 heteroatoms. The fraction of sp³-hybridized carbons (Fsp3) is 0.625.